The third-order valence-corrected chi connectivity index (χ3v) is 5.02. The zero-order valence-corrected chi connectivity index (χ0v) is 18.1. The van der Waals surface area contributed by atoms with Crippen LogP contribution in [-0.2, 0) is 9.59 Å². The molecule has 2 aromatic carbocycles. The first kappa shape index (κ1) is 24.9. The Kier molecular flexibility index (Phi) is 8.39. The number of hydrogen-bond donors (Lipinski definition) is 2. The first-order valence-electron chi connectivity index (χ1n) is 10.4. The molecule has 34 heavy (non-hydrogen) atoms. The topological polar surface area (TPSA) is 115 Å². The highest BCUT2D eigenvalue weighted by atomic mass is 19.3. The van der Waals surface area contributed by atoms with Gasteiger partial charge in [0.1, 0.15) is 6.04 Å². The normalized spacial score (nSPS) is 16.0. The number of hydrogen-bond acceptors (Lipinski definition) is 7. The number of rotatable bonds is 10. The van der Waals surface area contributed by atoms with Crippen LogP contribution in [-0.4, -0.2) is 54.0 Å². The van der Waals surface area contributed by atoms with E-state index in [1.165, 1.54) is 18.3 Å². The SMILES string of the molecule is N=CCC(=Nc1ccccc1)C(N)C(=O)CC=Nc1ccc(N2C(=O)CCN2C(F)F)cc1F. The molecule has 1 saturated heterocycles. The Morgan fingerprint density at radius 2 is 1.91 bits per heavy atom. The Balaban J connectivity index is 1.68. The smallest absolute Gasteiger partial charge is 0.311 e. The van der Waals surface area contributed by atoms with Crippen LogP contribution in [0.3, 0.4) is 0 Å². The van der Waals surface area contributed by atoms with Crippen molar-refractivity contribution >= 4 is 46.9 Å². The molecule has 0 spiro atoms. The van der Waals surface area contributed by atoms with Crippen molar-refractivity contribution in [1.82, 2.24) is 5.01 Å². The highest BCUT2D eigenvalue weighted by Gasteiger charge is 2.35. The molecule has 3 N–H and O–H groups in total. The van der Waals surface area contributed by atoms with Crippen molar-refractivity contribution in [2.75, 3.05) is 11.6 Å². The maximum Gasteiger partial charge on any atom is 0.311 e. The van der Waals surface area contributed by atoms with Crippen molar-refractivity contribution in [2.45, 2.75) is 31.9 Å². The summed E-state index contributed by atoms with van der Waals surface area (Å²) in [6.07, 6.45) is 2.08. The van der Waals surface area contributed by atoms with Gasteiger partial charge in [-0.3, -0.25) is 19.6 Å². The average Bonchev–Trinajstić information content (AvgIpc) is 3.21. The van der Waals surface area contributed by atoms with E-state index in [1.54, 1.807) is 24.3 Å². The number of nitrogens with two attached hydrogens (primary N) is 1. The van der Waals surface area contributed by atoms with Gasteiger partial charge in [-0.15, -0.1) is 0 Å². The van der Waals surface area contributed by atoms with Crippen LogP contribution in [0.1, 0.15) is 19.3 Å². The molecule has 0 aromatic heterocycles. The summed E-state index contributed by atoms with van der Waals surface area (Å²) in [6.45, 7) is -3.06. The fourth-order valence-corrected chi connectivity index (χ4v) is 3.33. The van der Waals surface area contributed by atoms with Gasteiger partial charge < -0.3 is 11.1 Å². The molecule has 0 aliphatic carbocycles. The van der Waals surface area contributed by atoms with Gasteiger partial charge in [0.2, 0.25) is 5.91 Å². The predicted molar refractivity (Wildman–Crippen MR) is 124 cm³/mol. The van der Waals surface area contributed by atoms with Crippen molar-refractivity contribution in [2.24, 2.45) is 15.7 Å². The number of nitrogens with zero attached hydrogens (tertiary/aromatic N) is 4. The van der Waals surface area contributed by atoms with Crippen LogP contribution in [0.2, 0.25) is 0 Å². The van der Waals surface area contributed by atoms with Crippen molar-refractivity contribution in [1.29, 1.82) is 5.41 Å². The summed E-state index contributed by atoms with van der Waals surface area (Å²) in [5.74, 6) is -1.82. The molecule has 11 heteroatoms. The van der Waals surface area contributed by atoms with E-state index in [0.29, 0.717) is 16.4 Å². The molecule has 1 atom stereocenters. The number of ketones is 1. The van der Waals surface area contributed by atoms with Crippen LogP contribution in [0.5, 0.6) is 0 Å². The predicted octanol–water partition coefficient (Wildman–Crippen LogP) is 3.80. The van der Waals surface area contributed by atoms with Crippen LogP contribution < -0.4 is 10.7 Å². The summed E-state index contributed by atoms with van der Waals surface area (Å²) in [4.78, 5) is 32.7. The number of anilines is 1. The van der Waals surface area contributed by atoms with E-state index < -0.39 is 30.1 Å². The molecule has 1 amide bonds. The van der Waals surface area contributed by atoms with Gasteiger partial charge in [-0.1, -0.05) is 18.2 Å². The molecule has 1 fully saturated rings. The van der Waals surface area contributed by atoms with E-state index in [1.807, 2.05) is 6.07 Å². The second-order valence-electron chi connectivity index (χ2n) is 7.34. The zero-order chi connectivity index (χ0) is 24.7. The lowest BCUT2D eigenvalue weighted by Crippen LogP contribution is -2.42. The Morgan fingerprint density at radius 1 is 1.18 bits per heavy atom. The number of aliphatic imine (C=N–C) groups is 2. The van der Waals surface area contributed by atoms with E-state index in [2.05, 4.69) is 9.98 Å². The fraction of sp³-hybridized carbons (Fsp3) is 0.261. The molecule has 1 aliphatic rings. The molecule has 8 nitrogen and oxygen atoms in total. The Morgan fingerprint density at radius 3 is 2.56 bits per heavy atom. The molecule has 2 aromatic rings. The minimum atomic E-state index is -2.90. The number of benzene rings is 2. The van der Waals surface area contributed by atoms with Gasteiger partial charge in [0.05, 0.1) is 17.1 Å². The molecule has 1 heterocycles. The van der Waals surface area contributed by atoms with Gasteiger partial charge in [-0.25, -0.2) is 9.40 Å². The van der Waals surface area contributed by atoms with Crippen LogP contribution in [0.25, 0.3) is 0 Å². The molecule has 178 valence electrons. The van der Waals surface area contributed by atoms with Crippen molar-refractivity contribution in [3.63, 3.8) is 0 Å². The van der Waals surface area contributed by atoms with E-state index in [-0.39, 0.29) is 37.2 Å². The molecular formula is C23H23F3N6O2. The lowest BCUT2D eigenvalue weighted by molar-refractivity contribution is -0.120. The fourth-order valence-electron chi connectivity index (χ4n) is 3.33. The monoisotopic (exact) mass is 472 g/mol. The molecular weight excluding hydrogens is 449 g/mol. The number of hydrazine groups is 1. The molecule has 0 saturated carbocycles. The Hall–Kier alpha value is -3.70. The summed E-state index contributed by atoms with van der Waals surface area (Å²) in [5.41, 5.74) is 6.77. The lowest BCUT2D eigenvalue weighted by Gasteiger charge is -2.26. The number of carbonyl (C=O) groups excluding carboxylic acids is 2. The Labute approximate surface area is 194 Å². The number of halogens is 3. The molecule has 0 radical (unpaired) electrons. The number of nitrogens with one attached hydrogen (secondary N) is 1. The van der Waals surface area contributed by atoms with Crippen LogP contribution >= 0.6 is 0 Å². The molecule has 3 rings (SSSR count). The summed E-state index contributed by atoms with van der Waals surface area (Å²) in [6, 6.07) is 11.3. The first-order valence-corrected chi connectivity index (χ1v) is 10.4. The van der Waals surface area contributed by atoms with Crippen molar-refractivity contribution < 1.29 is 22.8 Å². The number of alkyl halides is 2. The standard InChI is InChI=1S/C23H23F3N6O2/c24-17-14-16(32-21(34)10-13-31(32)23(25)26)6-7-18(17)29-12-9-20(33)22(28)19(8-11-27)30-15-4-2-1-3-5-15/h1-7,11-12,14,22-23,27H,8-10,13,28H2. The van der Waals surface area contributed by atoms with Crippen LogP contribution in [0.4, 0.5) is 30.2 Å². The van der Waals surface area contributed by atoms with Gasteiger partial charge in [-0.05, 0) is 24.3 Å². The average molecular weight is 472 g/mol. The van der Waals surface area contributed by atoms with E-state index in [9.17, 15) is 22.8 Å². The maximum absolute atomic E-state index is 14.5. The molecule has 1 aliphatic heterocycles. The second-order valence-corrected chi connectivity index (χ2v) is 7.34. The van der Waals surface area contributed by atoms with Crippen LogP contribution in [0.15, 0.2) is 58.5 Å². The van der Waals surface area contributed by atoms with Gasteiger partial charge in [0, 0.05) is 50.0 Å². The van der Waals surface area contributed by atoms with E-state index in [4.69, 9.17) is 11.1 Å². The van der Waals surface area contributed by atoms with Gasteiger partial charge in [0.25, 0.3) is 0 Å². The van der Waals surface area contributed by atoms with E-state index in [0.717, 1.165) is 17.3 Å². The molecule has 1 unspecified atom stereocenters. The summed E-state index contributed by atoms with van der Waals surface area (Å²) in [5, 5.41) is 8.63. The first-order chi connectivity index (χ1) is 16.3. The highest BCUT2D eigenvalue weighted by molar-refractivity contribution is 6.15. The number of para-hydroxylation sites is 1. The zero-order valence-electron chi connectivity index (χ0n) is 18.1. The minimum Gasteiger partial charge on any atom is -0.317 e. The maximum atomic E-state index is 14.5. The van der Waals surface area contributed by atoms with Crippen molar-refractivity contribution in [3.8, 4) is 0 Å². The largest absolute Gasteiger partial charge is 0.317 e. The summed E-state index contributed by atoms with van der Waals surface area (Å²) < 4.78 is 40.7. The van der Waals surface area contributed by atoms with Crippen molar-refractivity contribution in [3.05, 3.63) is 54.3 Å². The number of amides is 1. The quantitative estimate of drug-likeness (QED) is 0.404. The van der Waals surface area contributed by atoms with Gasteiger partial charge in [0.15, 0.2) is 11.6 Å². The minimum absolute atomic E-state index is 0.0363. The third kappa shape index (κ3) is 6.00. The van der Waals surface area contributed by atoms with Gasteiger partial charge >= 0.3 is 6.55 Å². The second kappa shape index (κ2) is 11.4. The number of Topliss-reactive ketones (excluding diaryl/α,β-unsaturated/α-hetero) is 1. The molecule has 0 bridgehead atoms. The van der Waals surface area contributed by atoms with E-state index >= 15 is 0 Å². The highest BCUT2D eigenvalue weighted by Crippen LogP contribution is 2.29. The van der Waals surface area contributed by atoms with Gasteiger partial charge in [-0.2, -0.15) is 13.8 Å². The third-order valence-electron chi connectivity index (χ3n) is 5.02. The summed E-state index contributed by atoms with van der Waals surface area (Å²) in [7, 11) is 0. The summed E-state index contributed by atoms with van der Waals surface area (Å²) >= 11 is 0. The number of carbonyl (C=O) groups is 2. The Bertz CT molecular complexity index is 1110. The lowest BCUT2D eigenvalue weighted by atomic mass is 10.0. The van der Waals surface area contributed by atoms with Crippen LogP contribution in [0, 0.1) is 11.2 Å².